The standard InChI is InChI=1S/C9H12N6O3/c1-3-4-5-6(9(16)17-2)11-14-15(5)8-7(10)12-18-13-8/h3-4H2,1-2H3,(H2,10,12). The zero-order chi connectivity index (χ0) is 13.1. The lowest BCUT2D eigenvalue weighted by Gasteiger charge is -2.02. The van der Waals surface area contributed by atoms with E-state index < -0.39 is 5.97 Å². The number of rotatable bonds is 4. The van der Waals surface area contributed by atoms with Gasteiger partial charge in [0.25, 0.3) is 0 Å². The number of carbonyl (C=O) groups excluding carboxylic acids is 1. The Morgan fingerprint density at radius 1 is 1.50 bits per heavy atom. The van der Waals surface area contributed by atoms with Crippen molar-refractivity contribution in [3.05, 3.63) is 11.4 Å². The molecule has 0 fully saturated rings. The number of methoxy groups -OCH3 is 1. The van der Waals surface area contributed by atoms with Crippen molar-refractivity contribution in [1.29, 1.82) is 0 Å². The molecule has 18 heavy (non-hydrogen) atoms. The van der Waals surface area contributed by atoms with Crippen LogP contribution in [0, 0.1) is 0 Å². The molecule has 2 N–H and O–H groups in total. The average molecular weight is 252 g/mol. The molecule has 0 saturated heterocycles. The molecular weight excluding hydrogens is 240 g/mol. The first-order valence-electron chi connectivity index (χ1n) is 5.30. The fraction of sp³-hybridized carbons (Fsp3) is 0.444. The van der Waals surface area contributed by atoms with E-state index in [-0.39, 0.29) is 17.3 Å². The van der Waals surface area contributed by atoms with Crippen molar-refractivity contribution in [2.75, 3.05) is 12.8 Å². The van der Waals surface area contributed by atoms with Crippen LogP contribution in [0.4, 0.5) is 5.82 Å². The summed E-state index contributed by atoms with van der Waals surface area (Å²) >= 11 is 0. The van der Waals surface area contributed by atoms with E-state index in [0.717, 1.165) is 6.42 Å². The van der Waals surface area contributed by atoms with Crippen molar-refractivity contribution in [2.24, 2.45) is 0 Å². The van der Waals surface area contributed by atoms with Crippen molar-refractivity contribution in [2.45, 2.75) is 19.8 Å². The summed E-state index contributed by atoms with van der Waals surface area (Å²) in [6.07, 6.45) is 1.37. The van der Waals surface area contributed by atoms with E-state index in [4.69, 9.17) is 5.73 Å². The molecule has 0 aliphatic heterocycles. The topological polar surface area (TPSA) is 122 Å². The SMILES string of the molecule is CCCc1c(C(=O)OC)nnn1-c1nonc1N. The number of anilines is 1. The number of nitrogens with two attached hydrogens (primary N) is 1. The lowest BCUT2D eigenvalue weighted by atomic mass is 10.2. The van der Waals surface area contributed by atoms with Crippen LogP contribution in [0.15, 0.2) is 4.63 Å². The van der Waals surface area contributed by atoms with Crippen molar-refractivity contribution >= 4 is 11.8 Å². The Labute approximate surface area is 102 Å². The van der Waals surface area contributed by atoms with Gasteiger partial charge in [0.1, 0.15) is 0 Å². The van der Waals surface area contributed by atoms with Gasteiger partial charge >= 0.3 is 5.97 Å². The quantitative estimate of drug-likeness (QED) is 0.752. The minimum absolute atomic E-state index is 0.0775. The molecule has 0 aromatic carbocycles. The predicted molar refractivity (Wildman–Crippen MR) is 59.0 cm³/mol. The third-order valence-electron chi connectivity index (χ3n) is 2.32. The van der Waals surface area contributed by atoms with E-state index in [1.54, 1.807) is 0 Å². The number of aromatic nitrogens is 5. The predicted octanol–water partition coefficient (Wildman–Crippen LogP) is -0.0284. The van der Waals surface area contributed by atoms with E-state index in [0.29, 0.717) is 12.1 Å². The highest BCUT2D eigenvalue weighted by Gasteiger charge is 2.23. The molecule has 0 atom stereocenters. The summed E-state index contributed by atoms with van der Waals surface area (Å²) in [6.45, 7) is 1.96. The molecule has 2 aromatic rings. The average Bonchev–Trinajstić information content (AvgIpc) is 2.95. The maximum Gasteiger partial charge on any atom is 0.360 e. The van der Waals surface area contributed by atoms with E-state index in [2.05, 4.69) is 30.0 Å². The van der Waals surface area contributed by atoms with Crippen LogP contribution in [0.1, 0.15) is 29.5 Å². The molecule has 0 aliphatic carbocycles. The Bertz CT molecular complexity index is 560. The molecule has 0 radical (unpaired) electrons. The smallest absolute Gasteiger partial charge is 0.360 e. The maximum atomic E-state index is 11.5. The van der Waals surface area contributed by atoms with Gasteiger partial charge in [-0.15, -0.1) is 5.10 Å². The monoisotopic (exact) mass is 252 g/mol. The number of esters is 1. The minimum Gasteiger partial charge on any atom is -0.464 e. The third kappa shape index (κ3) is 1.90. The van der Waals surface area contributed by atoms with E-state index in [1.165, 1.54) is 11.8 Å². The van der Waals surface area contributed by atoms with Crippen molar-refractivity contribution in [3.8, 4) is 5.82 Å². The van der Waals surface area contributed by atoms with Crippen molar-refractivity contribution in [3.63, 3.8) is 0 Å². The molecule has 2 heterocycles. The Morgan fingerprint density at radius 2 is 2.28 bits per heavy atom. The first kappa shape index (κ1) is 12.0. The lowest BCUT2D eigenvalue weighted by Crippen LogP contribution is -2.09. The van der Waals surface area contributed by atoms with Crippen LogP contribution in [-0.4, -0.2) is 38.4 Å². The summed E-state index contributed by atoms with van der Waals surface area (Å²) in [5.74, 6) is -0.269. The summed E-state index contributed by atoms with van der Waals surface area (Å²) < 4.78 is 10.5. The highest BCUT2D eigenvalue weighted by atomic mass is 16.6. The van der Waals surface area contributed by atoms with Gasteiger partial charge in [-0.2, -0.15) is 4.68 Å². The molecule has 2 rings (SSSR count). The summed E-state index contributed by atoms with van der Waals surface area (Å²) in [6, 6.07) is 0. The molecule has 0 saturated carbocycles. The second-order valence-corrected chi connectivity index (χ2v) is 3.51. The molecule has 2 aromatic heterocycles. The Morgan fingerprint density at radius 3 is 2.83 bits per heavy atom. The van der Waals surface area contributed by atoms with Gasteiger partial charge in [-0.25, -0.2) is 9.42 Å². The van der Waals surface area contributed by atoms with Crippen molar-refractivity contribution in [1.82, 2.24) is 25.3 Å². The first-order valence-corrected chi connectivity index (χ1v) is 5.30. The van der Waals surface area contributed by atoms with Crippen LogP contribution in [0.5, 0.6) is 0 Å². The Kier molecular flexibility index (Phi) is 3.22. The summed E-state index contributed by atoms with van der Waals surface area (Å²) in [5.41, 5.74) is 6.29. The number of ether oxygens (including phenoxy) is 1. The fourth-order valence-electron chi connectivity index (χ4n) is 1.53. The third-order valence-corrected chi connectivity index (χ3v) is 2.32. The van der Waals surface area contributed by atoms with Crippen LogP contribution < -0.4 is 5.73 Å². The lowest BCUT2D eigenvalue weighted by molar-refractivity contribution is 0.0592. The zero-order valence-electron chi connectivity index (χ0n) is 9.95. The maximum absolute atomic E-state index is 11.5. The summed E-state index contributed by atoms with van der Waals surface area (Å²) in [5, 5.41) is 14.7. The highest BCUT2D eigenvalue weighted by Crippen LogP contribution is 2.17. The van der Waals surface area contributed by atoms with E-state index >= 15 is 0 Å². The molecule has 0 unspecified atom stereocenters. The number of hydrogen-bond donors (Lipinski definition) is 1. The Hall–Kier alpha value is -2.45. The largest absolute Gasteiger partial charge is 0.464 e. The number of nitrogens with zero attached hydrogens (tertiary/aromatic N) is 5. The number of carbonyl (C=O) groups is 1. The van der Waals surface area contributed by atoms with Gasteiger partial charge in [0.2, 0.25) is 11.6 Å². The fourth-order valence-corrected chi connectivity index (χ4v) is 1.53. The summed E-state index contributed by atoms with van der Waals surface area (Å²) in [7, 11) is 1.28. The zero-order valence-corrected chi connectivity index (χ0v) is 9.95. The molecular formula is C9H12N6O3. The van der Waals surface area contributed by atoms with Gasteiger partial charge in [-0.1, -0.05) is 18.6 Å². The molecule has 0 bridgehead atoms. The van der Waals surface area contributed by atoms with Gasteiger partial charge in [-0.3, -0.25) is 0 Å². The van der Waals surface area contributed by atoms with Gasteiger partial charge in [0.05, 0.1) is 12.8 Å². The molecule has 0 amide bonds. The number of nitrogen functional groups attached to an aromatic ring is 1. The van der Waals surface area contributed by atoms with Crippen molar-refractivity contribution < 1.29 is 14.2 Å². The summed E-state index contributed by atoms with van der Waals surface area (Å²) in [4.78, 5) is 11.5. The second kappa shape index (κ2) is 4.82. The molecule has 96 valence electrons. The van der Waals surface area contributed by atoms with Crippen LogP contribution in [0.25, 0.3) is 5.82 Å². The van der Waals surface area contributed by atoms with E-state index in [9.17, 15) is 4.79 Å². The van der Waals surface area contributed by atoms with Crippen LogP contribution >= 0.6 is 0 Å². The minimum atomic E-state index is -0.556. The Balaban J connectivity index is 2.52. The normalized spacial score (nSPS) is 10.6. The molecule has 0 aliphatic rings. The van der Waals surface area contributed by atoms with Gasteiger partial charge in [0, 0.05) is 0 Å². The molecule has 9 nitrogen and oxygen atoms in total. The van der Waals surface area contributed by atoms with Gasteiger partial charge in [0.15, 0.2) is 5.69 Å². The first-order chi connectivity index (χ1) is 8.69. The van der Waals surface area contributed by atoms with Crippen LogP contribution in [0.3, 0.4) is 0 Å². The second-order valence-electron chi connectivity index (χ2n) is 3.51. The van der Waals surface area contributed by atoms with Crippen LogP contribution in [0.2, 0.25) is 0 Å². The van der Waals surface area contributed by atoms with E-state index in [1.807, 2.05) is 6.92 Å². The van der Waals surface area contributed by atoms with Crippen LogP contribution in [-0.2, 0) is 11.2 Å². The van der Waals surface area contributed by atoms with Gasteiger partial charge in [-0.05, 0) is 16.7 Å². The number of hydrogen-bond acceptors (Lipinski definition) is 8. The van der Waals surface area contributed by atoms with Gasteiger partial charge < -0.3 is 10.5 Å². The molecule has 9 heteroatoms. The molecule has 0 spiro atoms. The highest BCUT2D eigenvalue weighted by molar-refractivity contribution is 5.88.